The first kappa shape index (κ1) is 19.7. The van der Waals surface area contributed by atoms with E-state index in [-0.39, 0.29) is 23.8 Å². The van der Waals surface area contributed by atoms with Crippen molar-refractivity contribution in [1.82, 2.24) is 9.97 Å². The van der Waals surface area contributed by atoms with Crippen LogP contribution in [0.25, 0.3) is 0 Å². The molecule has 0 fully saturated rings. The first-order valence-corrected chi connectivity index (χ1v) is 10.7. The first-order valence-electron chi connectivity index (χ1n) is 9.30. The number of carbonyl (C=O) groups is 1. The number of amides is 1. The normalized spacial score (nSPS) is 15.7. The van der Waals surface area contributed by atoms with Crippen LogP contribution in [0.2, 0.25) is 5.02 Å². The average Bonchev–Trinajstić information content (AvgIpc) is 2.68. The summed E-state index contributed by atoms with van der Waals surface area (Å²) in [6.07, 6.45) is 0.230. The zero-order valence-corrected chi connectivity index (χ0v) is 17.7. The van der Waals surface area contributed by atoms with E-state index in [4.69, 9.17) is 11.6 Å². The molecule has 0 saturated heterocycles. The molecule has 1 atom stereocenters. The van der Waals surface area contributed by atoms with Crippen molar-refractivity contribution in [3.8, 4) is 0 Å². The van der Waals surface area contributed by atoms with Crippen LogP contribution in [0.3, 0.4) is 0 Å². The van der Waals surface area contributed by atoms with Crippen LogP contribution in [-0.2, 0) is 10.5 Å². The quantitative estimate of drug-likeness (QED) is 0.464. The molecular weight excluding hydrogens is 406 g/mol. The van der Waals surface area contributed by atoms with Gasteiger partial charge in [-0.3, -0.25) is 9.59 Å². The van der Waals surface area contributed by atoms with Gasteiger partial charge in [-0.1, -0.05) is 65.3 Å². The molecule has 7 heteroatoms. The Hall–Kier alpha value is -2.57. The summed E-state index contributed by atoms with van der Waals surface area (Å²) in [5.74, 6) is 0.467. The number of fused-ring (bicyclic) bond motifs is 1. The maximum absolute atomic E-state index is 13.0. The van der Waals surface area contributed by atoms with E-state index in [0.717, 1.165) is 22.3 Å². The third-order valence-corrected chi connectivity index (χ3v) is 6.35. The number of hydrogen-bond donors (Lipinski definition) is 2. The van der Waals surface area contributed by atoms with E-state index in [1.807, 2.05) is 56.3 Å². The summed E-state index contributed by atoms with van der Waals surface area (Å²) in [5.41, 5.74) is 4.39. The monoisotopic (exact) mass is 425 g/mol. The van der Waals surface area contributed by atoms with Gasteiger partial charge < -0.3 is 10.3 Å². The van der Waals surface area contributed by atoms with Gasteiger partial charge in [0.05, 0.1) is 5.56 Å². The molecule has 2 heterocycles. The first-order chi connectivity index (χ1) is 13.9. The van der Waals surface area contributed by atoms with Crippen LogP contribution in [0.4, 0.5) is 5.82 Å². The van der Waals surface area contributed by atoms with Crippen molar-refractivity contribution < 1.29 is 4.79 Å². The number of rotatable bonds is 4. The number of benzene rings is 2. The highest BCUT2D eigenvalue weighted by atomic mass is 35.5. The van der Waals surface area contributed by atoms with Gasteiger partial charge in [0.2, 0.25) is 5.91 Å². The largest absolute Gasteiger partial charge is 0.310 e. The van der Waals surface area contributed by atoms with Crippen LogP contribution in [0.15, 0.2) is 52.4 Å². The van der Waals surface area contributed by atoms with Crippen molar-refractivity contribution in [2.24, 2.45) is 0 Å². The summed E-state index contributed by atoms with van der Waals surface area (Å²) in [6, 6.07) is 13.6. The van der Waals surface area contributed by atoms with Crippen LogP contribution in [-0.4, -0.2) is 15.9 Å². The molecule has 1 aliphatic rings. The van der Waals surface area contributed by atoms with Crippen molar-refractivity contribution in [2.45, 2.75) is 37.1 Å². The molecule has 4 rings (SSSR count). The van der Waals surface area contributed by atoms with Gasteiger partial charge in [0.1, 0.15) is 5.82 Å². The molecule has 1 aliphatic heterocycles. The van der Waals surface area contributed by atoms with Gasteiger partial charge in [-0.2, -0.15) is 0 Å². The molecule has 0 saturated carbocycles. The molecule has 0 bridgehead atoms. The summed E-state index contributed by atoms with van der Waals surface area (Å²) < 4.78 is 0. The van der Waals surface area contributed by atoms with Crippen molar-refractivity contribution >= 4 is 35.1 Å². The lowest BCUT2D eigenvalue weighted by Crippen LogP contribution is -2.31. The van der Waals surface area contributed by atoms with E-state index >= 15 is 0 Å². The fourth-order valence-electron chi connectivity index (χ4n) is 3.58. The number of aromatic amines is 1. The highest BCUT2D eigenvalue weighted by Gasteiger charge is 2.31. The minimum atomic E-state index is -0.308. The van der Waals surface area contributed by atoms with Gasteiger partial charge >= 0.3 is 0 Å². The maximum atomic E-state index is 13.0. The van der Waals surface area contributed by atoms with Crippen molar-refractivity contribution in [3.63, 3.8) is 0 Å². The number of halogens is 1. The zero-order valence-electron chi connectivity index (χ0n) is 16.1. The summed E-state index contributed by atoms with van der Waals surface area (Å²) in [6.45, 7) is 4.00. The van der Waals surface area contributed by atoms with Crippen LogP contribution in [0.5, 0.6) is 0 Å². The van der Waals surface area contributed by atoms with Crippen LogP contribution in [0.1, 0.15) is 40.2 Å². The molecule has 0 spiro atoms. The number of aryl methyl sites for hydroxylation is 2. The number of carbonyl (C=O) groups excluding carboxylic acids is 1. The number of nitrogens with zero attached hydrogens (tertiary/aromatic N) is 1. The number of hydrogen-bond acceptors (Lipinski definition) is 4. The molecule has 1 amide bonds. The van der Waals surface area contributed by atoms with Gasteiger partial charge in [-0.15, -0.1) is 0 Å². The molecule has 2 aromatic carbocycles. The fourth-order valence-corrected chi connectivity index (χ4v) is 4.73. The number of H-pyrrole nitrogens is 1. The van der Waals surface area contributed by atoms with E-state index in [9.17, 15) is 9.59 Å². The standard InChI is InChI=1S/C22H20ClN3O2S/c1-12-7-8-13(2)15(9-12)16-10-18(27)24-20-19(16)21(28)26-22(25-20)29-11-14-5-3-4-6-17(14)23/h3-9,16H,10-11H2,1-2H3,(H2,24,25,26,27,28). The molecule has 2 N–H and O–H groups in total. The SMILES string of the molecule is Cc1ccc(C)c(C2CC(=O)Nc3nc(SCc4ccccc4Cl)[nH]c(=O)c32)c1. The van der Waals surface area contributed by atoms with E-state index in [2.05, 4.69) is 15.3 Å². The molecule has 0 aliphatic carbocycles. The Morgan fingerprint density at radius 2 is 1.97 bits per heavy atom. The summed E-state index contributed by atoms with van der Waals surface area (Å²) in [7, 11) is 0. The van der Waals surface area contributed by atoms with Gasteiger partial charge in [0, 0.05) is 23.1 Å². The van der Waals surface area contributed by atoms with Crippen molar-refractivity contribution in [3.05, 3.63) is 85.7 Å². The Kier molecular flexibility index (Phi) is 5.48. The van der Waals surface area contributed by atoms with Gasteiger partial charge in [0.25, 0.3) is 5.56 Å². The van der Waals surface area contributed by atoms with Crippen molar-refractivity contribution in [1.29, 1.82) is 0 Å². The van der Waals surface area contributed by atoms with Crippen LogP contribution < -0.4 is 10.9 Å². The number of anilines is 1. The zero-order chi connectivity index (χ0) is 20.5. The lowest BCUT2D eigenvalue weighted by molar-refractivity contribution is -0.116. The Morgan fingerprint density at radius 1 is 1.17 bits per heavy atom. The van der Waals surface area contributed by atoms with E-state index in [0.29, 0.717) is 27.3 Å². The maximum Gasteiger partial charge on any atom is 0.257 e. The molecule has 1 unspecified atom stereocenters. The predicted octanol–water partition coefficient (Wildman–Crippen LogP) is 4.81. The number of nitrogens with one attached hydrogen (secondary N) is 2. The molecule has 0 radical (unpaired) electrons. The minimum absolute atomic E-state index is 0.136. The highest BCUT2D eigenvalue weighted by Crippen LogP contribution is 2.36. The summed E-state index contributed by atoms with van der Waals surface area (Å²) in [5, 5.41) is 3.90. The predicted molar refractivity (Wildman–Crippen MR) is 117 cm³/mol. The Morgan fingerprint density at radius 3 is 2.76 bits per heavy atom. The number of thioether (sulfide) groups is 1. The molecule has 148 valence electrons. The molecular formula is C22H20ClN3O2S. The Labute approximate surface area is 177 Å². The highest BCUT2D eigenvalue weighted by molar-refractivity contribution is 7.98. The molecule has 3 aromatic rings. The third kappa shape index (κ3) is 4.09. The van der Waals surface area contributed by atoms with E-state index < -0.39 is 0 Å². The topological polar surface area (TPSA) is 74.8 Å². The van der Waals surface area contributed by atoms with Gasteiger partial charge in [-0.05, 0) is 36.6 Å². The van der Waals surface area contributed by atoms with E-state index in [1.54, 1.807) is 0 Å². The molecule has 29 heavy (non-hydrogen) atoms. The van der Waals surface area contributed by atoms with Gasteiger partial charge in [0.15, 0.2) is 5.16 Å². The summed E-state index contributed by atoms with van der Waals surface area (Å²) in [4.78, 5) is 32.7. The second-order valence-electron chi connectivity index (χ2n) is 7.18. The summed E-state index contributed by atoms with van der Waals surface area (Å²) >= 11 is 7.58. The Balaban J connectivity index is 1.70. The van der Waals surface area contributed by atoms with E-state index in [1.165, 1.54) is 11.8 Å². The minimum Gasteiger partial charge on any atom is -0.310 e. The molecule has 5 nitrogen and oxygen atoms in total. The second-order valence-corrected chi connectivity index (χ2v) is 8.55. The van der Waals surface area contributed by atoms with Crippen molar-refractivity contribution in [2.75, 3.05) is 5.32 Å². The lowest BCUT2D eigenvalue weighted by Gasteiger charge is -2.26. The van der Waals surface area contributed by atoms with Gasteiger partial charge in [-0.25, -0.2) is 4.98 Å². The molecule has 1 aromatic heterocycles. The lowest BCUT2D eigenvalue weighted by atomic mass is 9.84. The third-order valence-electron chi connectivity index (χ3n) is 5.06. The van der Waals surface area contributed by atoms with Crippen LogP contribution in [0, 0.1) is 13.8 Å². The number of aromatic nitrogens is 2. The van der Waals surface area contributed by atoms with Crippen LogP contribution >= 0.6 is 23.4 Å². The smallest absolute Gasteiger partial charge is 0.257 e. The average molecular weight is 426 g/mol. The Bertz CT molecular complexity index is 1160. The fraction of sp³-hybridized carbons (Fsp3) is 0.227. The second kappa shape index (κ2) is 8.05.